The number of benzene rings is 2. The van der Waals surface area contributed by atoms with E-state index in [1.165, 1.54) is 20.1 Å². The highest BCUT2D eigenvalue weighted by Gasteiger charge is 2.20. The van der Waals surface area contributed by atoms with E-state index in [4.69, 9.17) is 9.26 Å². The van der Waals surface area contributed by atoms with Gasteiger partial charge in [0, 0.05) is 12.6 Å². The molecule has 1 amide bonds. The van der Waals surface area contributed by atoms with Gasteiger partial charge < -0.3 is 14.6 Å². The van der Waals surface area contributed by atoms with Gasteiger partial charge in [0.2, 0.25) is 5.91 Å². The predicted octanol–water partition coefficient (Wildman–Crippen LogP) is 4.48. The molecule has 1 aromatic heterocycles. The molecule has 0 saturated carbocycles. The van der Waals surface area contributed by atoms with Crippen LogP contribution in [0.4, 0.5) is 11.4 Å². The summed E-state index contributed by atoms with van der Waals surface area (Å²) in [4.78, 5) is 11.4. The third kappa shape index (κ3) is 5.36. The van der Waals surface area contributed by atoms with Crippen LogP contribution in [0.25, 0.3) is 12.2 Å². The zero-order valence-electron chi connectivity index (χ0n) is 18.3. The van der Waals surface area contributed by atoms with E-state index in [2.05, 4.69) is 15.2 Å². The number of carbonyl (C=O) groups excluding carboxylic acids is 1. The van der Waals surface area contributed by atoms with Gasteiger partial charge in [0.05, 0.1) is 7.11 Å². The lowest BCUT2D eigenvalue weighted by Crippen LogP contribution is -2.14. The van der Waals surface area contributed by atoms with Gasteiger partial charge in [-0.15, -0.1) is 0 Å². The Hall–Kier alpha value is -3.59. The van der Waals surface area contributed by atoms with Crippen molar-refractivity contribution in [3.05, 3.63) is 65.0 Å². The number of hydrogen-bond donors (Lipinski definition) is 2. The van der Waals surface area contributed by atoms with E-state index in [9.17, 15) is 13.2 Å². The molecule has 1 heterocycles. The van der Waals surface area contributed by atoms with Crippen LogP contribution in [0.5, 0.6) is 5.75 Å². The fourth-order valence-corrected chi connectivity index (χ4v) is 4.29. The average molecular weight is 456 g/mol. The van der Waals surface area contributed by atoms with Crippen molar-refractivity contribution in [2.24, 2.45) is 0 Å². The fourth-order valence-electron chi connectivity index (χ4n) is 3.03. The van der Waals surface area contributed by atoms with Crippen molar-refractivity contribution < 1.29 is 22.5 Å². The van der Waals surface area contributed by atoms with Gasteiger partial charge in [-0.3, -0.25) is 9.52 Å². The Bertz CT molecular complexity index is 1250. The number of methoxy groups -OCH3 is 1. The van der Waals surface area contributed by atoms with Gasteiger partial charge in [0.25, 0.3) is 10.0 Å². The average Bonchev–Trinajstić information content (AvgIpc) is 3.11. The van der Waals surface area contributed by atoms with Crippen molar-refractivity contribution in [1.29, 1.82) is 0 Å². The number of nitrogens with zero attached hydrogens (tertiary/aromatic N) is 1. The molecule has 0 aliphatic rings. The maximum atomic E-state index is 13.0. The Labute approximate surface area is 187 Å². The van der Waals surface area contributed by atoms with Crippen LogP contribution in [-0.2, 0) is 21.2 Å². The summed E-state index contributed by atoms with van der Waals surface area (Å²) >= 11 is 0. The van der Waals surface area contributed by atoms with Crippen molar-refractivity contribution in [3.63, 3.8) is 0 Å². The number of sulfonamides is 1. The Morgan fingerprint density at radius 1 is 1.16 bits per heavy atom. The normalized spacial score (nSPS) is 11.5. The maximum Gasteiger partial charge on any atom is 0.265 e. The molecule has 32 heavy (non-hydrogen) atoms. The number of nitrogens with one attached hydrogen (secondary N) is 2. The van der Waals surface area contributed by atoms with Crippen molar-refractivity contribution in [2.75, 3.05) is 17.1 Å². The van der Waals surface area contributed by atoms with E-state index < -0.39 is 10.0 Å². The number of aryl methyl sites for hydroxylation is 2. The molecule has 9 heteroatoms. The largest absolute Gasteiger partial charge is 0.495 e. The highest BCUT2D eigenvalue weighted by Crippen LogP contribution is 2.29. The van der Waals surface area contributed by atoms with Crippen LogP contribution in [0.3, 0.4) is 0 Å². The Morgan fingerprint density at radius 2 is 1.88 bits per heavy atom. The lowest BCUT2D eigenvalue weighted by Gasteiger charge is -2.12. The standard InChI is InChI=1S/C23H25N3O5S/c1-5-17-6-10-19(11-7-17)26-32(28,29)22-14-18(8-12-20(22)30-4)9-13-21-23(24-16(3)27)15(2)25-31-21/h6-14,26H,5H2,1-4H3,(H,24,27). The lowest BCUT2D eigenvalue weighted by atomic mass is 10.2. The number of ether oxygens (including phenoxy) is 1. The zero-order valence-corrected chi connectivity index (χ0v) is 19.1. The van der Waals surface area contributed by atoms with Crippen LogP contribution < -0.4 is 14.8 Å². The lowest BCUT2D eigenvalue weighted by molar-refractivity contribution is -0.114. The molecule has 2 N–H and O–H groups in total. The highest BCUT2D eigenvalue weighted by molar-refractivity contribution is 7.92. The van der Waals surface area contributed by atoms with Crippen LogP contribution in [0, 0.1) is 6.92 Å². The van der Waals surface area contributed by atoms with Gasteiger partial charge in [-0.25, -0.2) is 8.42 Å². The number of amides is 1. The number of hydrogen-bond acceptors (Lipinski definition) is 6. The van der Waals surface area contributed by atoms with Gasteiger partial charge in [-0.2, -0.15) is 0 Å². The number of carbonyl (C=O) groups is 1. The Balaban J connectivity index is 1.91. The Morgan fingerprint density at radius 3 is 2.50 bits per heavy atom. The predicted molar refractivity (Wildman–Crippen MR) is 124 cm³/mol. The van der Waals surface area contributed by atoms with Crippen LogP contribution in [0.1, 0.15) is 36.4 Å². The highest BCUT2D eigenvalue weighted by atomic mass is 32.2. The molecule has 0 unspecified atom stereocenters. The van der Waals surface area contributed by atoms with Crippen LogP contribution in [0.15, 0.2) is 51.9 Å². The Kier molecular flexibility index (Phi) is 6.99. The topological polar surface area (TPSA) is 111 Å². The van der Waals surface area contributed by atoms with E-state index in [-0.39, 0.29) is 16.6 Å². The van der Waals surface area contributed by atoms with E-state index in [1.54, 1.807) is 43.3 Å². The quantitative estimate of drug-likeness (QED) is 0.518. The van der Waals surface area contributed by atoms with Gasteiger partial charge in [0.15, 0.2) is 5.76 Å². The number of aromatic nitrogens is 1. The molecule has 0 aliphatic heterocycles. The molecular weight excluding hydrogens is 430 g/mol. The molecule has 0 saturated heterocycles. The molecule has 0 radical (unpaired) electrons. The minimum absolute atomic E-state index is 0.00227. The molecule has 168 valence electrons. The summed E-state index contributed by atoms with van der Waals surface area (Å²) in [7, 11) is -2.49. The van der Waals surface area contributed by atoms with Crippen molar-refractivity contribution in [3.8, 4) is 5.75 Å². The van der Waals surface area contributed by atoms with Gasteiger partial charge in [0.1, 0.15) is 22.0 Å². The van der Waals surface area contributed by atoms with Crippen molar-refractivity contribution in [1.82, 2.24) is 5.16 Å². The molecule has 0 atom stereocenters. The maximum absolute atomic E-state index is 13.0. The van der Waals surface area contributed by atoms with E-state index in [1.807, 2.05) is 19.1 Å². The smallest absolute Gasteiger partial charge is 0.265 e. The number of rotatable bonds is 8. The summed E-state index contributed by atoms with van der Waals surface area (Å²) in [5.74, 6) is 0.322. The van der Waals surface area contributed by atoms with E-state index in [0.29, 0.717) is 28.4 Å². The SMILES string of the molecule is CCc1ccc(NS(=O)(=O)c2cc(C=Cc3onc(C)c3NC(C)=O)ccc2OC)cc1. The third-order valence-electron chi connectivity index (χ3n) is 4.71. The van der Waals surface area contributed by atoms with Crippen molar-refractivity contribution >= 4 is 39.5 Å². The van der Waals surface area contributed by atoms with Gasteiger partial charge in [-0.05, 0) is 54.8 Å². The first-order valence-electron chi connectivity index (χ1n) is 9.95. The molecular formula is C23H25N3O5S. The summed E-state index contributed by atoms with van der Waals surface area (Å²) in [5.41, 5.74) is 3.17. The van der Waals surface area contributed by atoms with Gasteiger partial charge >= 0.3 is 0 Å². The monoisotopic (exact) mass is 455 g/mol. The second-order valence-corrected chi connectivity index (χ2v) is 8.74. The summed E-state index contributed by atoms with van der Waals surface area (Å²) in [6, 6.07) is 12.0. The summed E-state index contributed by atoms with van der Waals surface area (Å²) in [6.45, 7) is 5.13. The first kappa shape index (κ1) is 23.1. The van der Waals surface area contributed by atoms with E-state index in [0.717, 1.165) is 12.0 Å². The van der Waals surface area contributed by atoms with Crippen LogP contribution in [-0.4, -0.2) is 26.6 Å². The minimum Gasteiger partial charge on any atom is -0.495 e. The van der Waals surface area contributed by atoms with E-state index >= 15 is 0 Å². The van der Waals surface area contributed by atoms with Crippen LogP contribution >= 0.6 is 0 Å². The fraction of sp³-hybridized carbons (Fsp3) is 0.217. The first-order chi connectivity index (χ1) is 15.2. The summed E-state index contributed by atoms with van der Waals surface area (Å²) in [6.07, 6.45) is 4.14. The van der Waals surface area contributed by atoms with Gasteiger partial charge in [-0.1, -0.05) is 36.4 Å². The molecule has 0 aliphatic carbocycles. The molecule has 0 bridgehead atoms. The molecule has 3 aromatic rings. The molecule has 0 spiro atoms. The molecule has 3 rings (SSSR count). The number of anilines is 2. The molecule has 2 aromatic carbocycles. The molecule has 8 nitrogen and oxygen atoms in total. The summed E-state index contributed by atoms with van der Waals surface area (Å²) < 4.78 is 39.2. The second kappa shape index (κ2) is 9.69. The van der Waals surface area contributed by atoms with Crippen LogP contribution in [0.2, 0.25) is 0 Å². The molecule has 0 fully saturated rings. The zero-order chi connectivity index (χ0) is 23.3. The first-order valence-corrected chi connectivity index (χ1v) is 11.4. The minimum atomic E-state index is -3.90. The summed E-state index contributed by atoms with van der Waals surface area (Å²) in [5, 5.41) is 6.53. The second-order valence-electron chi connectivity index (χ2n) is 7.09. The van der Waals surface area contributed by atoms with Crippen molar-refractivity contribution in [2.45, 2.75) is 32.1 Å². The third-order valence-corrected chi connectivity index (χ3v) is 6.11.